The van der Waals surface area contributed by atoms with Crippen LogP contribution >= 0.6 is 11.8 Å². The van der Waals surface area contributed by atoms with Crippen LogP contribution in [0.4, 0.5) is 11.4 Å². The summed E-state index contributed by atoms with van der Waals surface area (Å²) in [6, 6.07) is 13.6. The second-order valence-electron chi connectivity index (χ2n) is 6.16. The lowest BCUT2D eigenvalue weighted by molar-refractivity contribution is -0.113. The fourth-order valence-corrected chi connectivity index (χ4v) is 3.20. The molecular weight excluding hydrogens is 360 g/mol. The third-order valence-electron chi connectivity index (χ3n) is 3.91. The molecule has 0 saturated heterocycles. The maximum atomic E-state index is 12.2. The van der Waals surface area contributed by atoms with Crippen molar-refractivity contribution in [1.29, 1.82) is 0 Å². The van der Waals surface area contributed by atoms with E-state index in [0.717, 1.165) is 35.2 Å². The van der Waals surface area contributed by atoms with Crippen molar-refractivity contribution in [1.82, 2.24) is 19.7 Å². The van der Waals surface area contributed by atoms with Crippen LogP contribution in [0.25, 0.3) is 0 Å². The summed E-state index contributed by atoms with van der Waals surface area (Å²) in [5.41, 5.74) is 2.88. The van der Waals surface area contributed by atoms with Crippen molar-refractivity contribution < 1.29 is 4.79 Å². The normalized spacial score (nSPS) is 10.6. The van der Waals surface area contributed by atoms with Gasteiger partial charge in [0.25, 0.3) is 0 Å². The van der Waals surface area contributed by atoms with Crippen LogP contribution in [-0.4, -0.2) is 45.5 Å². The van der Waals surface area contributed by atoms with Gasteiger partial charge in [-0.05, 0) is 36.4 Å². The van der Waals surface area contributed by atoms with Gasteiger partial charge in [-0.3, -0.25) is 9.78 Å². The molecule has 1 aromatic carbocycles. The number of amides is 1. The van der Waals surface area contributed by atoms with Gasteiger partial charge in [0.1, 0.15) is 6.33 Å². The van der Waals surface area contributed by atoms with E-state index in [1.54, 1.807) is 12.5 Å². The van der Waals surface area contributed by atoms with Crippen LogP contribution in [0.15, 0.2) is 60.1 Å². The lowest BCUT2D eigenvalue weighted by Gasteiger charge is -2.13. The van der Waals surface area contributed by atoms with E-state index in [1.807, 2.05) is 66.0 Å². The van der Waals surface area contributed by atoms with Crippen molar-refractivity contribution >= 4 is 29.0 Å². The molecule has 1 N–H and O–H groups in total. The van der Waals surface area contributed by atoms with E-state index in [2.05, 4.69) is 20.5 Å². The first-order valence-corrected chi connectivity index (χ1v) is 9.58. The van der Waals surface area contributed by atoms with Crippen molar-refractivity contribution in [2.24, 2.45) is 0 Å². The molecule has 27 heavy (non-hydrogen) atoms. The number of rotatable bonds is 8. The van der Waals surface area contributed by atoms with Crippen LogP contribution in [0, 0.1) is 0 Å². The minimum Gasteiger partial charge on any atom is -0.378 e. The average molecular weight is 382 g/mol. The smallest absolute Gasteiger partial charge is 0.234 e. The van der Waals surface area contributed by atoms with Gasteiger partial charge in [0.05, 0.1) is 5.75 Å². The molecule has 2 aromatic heterocycles. The van der Waals surface area contributed by atoms with Gasteiger partial charge in [0.2, 0.25) is 5.91 Å². The number of aryl methyl sites for hydroxylation is 2. The third-order valence-corrected chi connectivity index (χ3v) is 4.90. The second-order valence-corrected chi connectivity index (χ2v) is 7.10. The zero-order valence-corrected chi connectivity index (χ0v) is 16.2. The van der Waals surface area contributed by atoms with Crippen LogP contribution in [0.3, 0.4) is 0 Å². The molecule has 0 unspecified atom stereocenters. The van der Waals surface area contributed by atoms with Gasteiger partial charge in [-0.25, -0.2) is 0 Å². The highest BCUT2D eigenvalue weighted by molar-refractivity contribution is 7.99. The number of aromatic nitrogens is 4. The Morgan fingerprint density at radius 2 is 2.00 bits per heavy atom. The zero-order chi connectivity index (χ0) is 19.1. The Kier molecular flexibility index (Phi) is 6.43. The molecule has 0 fully saturated rings. The van der Waals surface area contributed by atoms with Gasteiger partial charge < -0.3 is 14.8 Å². The number of benzene rings is 1. The summed E-state index contributed by atoms with van der Waals surface area (Å²) in [6.45, 7) is 0.722. The van der Waals surface area contributed by atoms with E-state index in [9.17, 15) is 4.79 Å². The molecule has 3 rings (SSSR count). The average Bonchev–Trinajstić information content (AvgIpc) is 3.13. The van der Waals surface area contributed by atoms with Gasteiger partial charge in [-0.15, -0.1) is 10.2 Å². The molecule has 0 spiro atoms. The number of nitrogens with zero attached hydrogens (tertiary/aromatic N) is 5. The quantitative estimate of drug-likeness (QED) is 0.604. The number of anilines is 2. The molecule has 1 amide bonds. The molecular formula is C19H22N6OS. The van der Waals surface area contributed by atoms with Crippen LogP contribution < -0.4 is 10.2 Å². The fourth-order valence-electron chi connectivity index (χ4n) is 2.46. The molecule has 0 radical (unpaired) electrons. The topological polar surface area (TPSA) is 75.9 Å². The number of pyridine rings is 1. The van der Waals surface area contributed by atoms with Crippen molar-refractivity contribution in [2.75, 3.05) is 30.1 Å². The maximum Gasteiger partial charge on any atom is 0.234 e. The Hall–Kier alpha value is -2.87. The first-order valence-electron chi connectivity index (χ1n) is 8.59. The monoisotopic (exact) mass is 382 g/mol. The molecule has 3 aromatic rings. The highest BCUT2D eigenvalue weighted by Gasteiger charge is 2.09. The van der Waals surface area contributed by atoms with E-state index >= 15 is 0 Å². The van der Waals surface area contributed by atoms with E-state index < -0.39 is 0 Å². The standard InChI is InChI=1S/C19H22N6OS/c1-24(2)17-8-6-16(7-9-17)22-18(26)13-27-19-23-21-14-25(19)12-10-15-5-3-4-11-20-15/h3-9,11,14H,10,12-13H2,1-2H3,(H,22,26). The number of carbonyl (C=O) groups excluding carboxylic acids is 1. The van der Waals surface area contributed by atoms with Gasteiger partial charge in [-0.1, -0.05) is 17.8 Å². The summed E-state index contributed by atoms with van der Waals surface area (Å²) in [4.78, 5) is 18.5. The zero-order valence-electron chi connectivity index (χ0n) is 15.4. The summed E-state index contributed by atoms with van der Waals surface area (Å²) >= 11 is 1.37. The van der Waals surface area contributed by atoms with Crippen LogP contribution in [-0.2, 0) is 17.8 Å². The van der Waals surface area contributed by atoms with Crippen molar-refractivity contribution in [3.05, 3.63) is 60.7 Å². The fraction of sp³-hybridized carbons (Fsp3) is 0.263. The van der Waals surface area contributed by atoms with Gasteiger partial charge in [0, 0.05) is 50.3 Å². The Labute approximate surface area is 162 Å². The maximum absolute atomic E-state index is 12.2. The predicted octanol–water partition coefficient (Wildman–Crippen LogP) is 2.71. The lowest BCUT2D eigenvalue weighted by Crippen LogP contribution is -2.15. The number of hydrogen-bond donors (Lipinski definition) is 1. The summed E-state index contributed by atoms with van der Waals surface area (Å²) in [7, 11) is 3.96. The minimum atomic E-state index is -0.0723. The first-order chi connectivity index (χ1) is 13.1. The number of hydrogen-bond acceptors (Lipinski definition) is 6. The van der Waals surface area contributed by atoms with Crippen LogP contribution in [0.2, 0.25) is 0 Å². The molecule has 7 nitrogen and oxygen atoms in total. The summed E-state index contributed by atoms with van der Waals surface area (Å²) in [6.07, 6.45) is 4.26. The molecule has 0 atom stereocenters. The Bertz CT molecular complexity index is 863. The largest absolute Gasteiger partial charge is 0.378 e. The lowest BCUT2D eigenvalue weighted by atomic mass is 10.2. The number of nitrogens with one attached hydrogen (secondary N) is 1. The predicted molar refractivity (Wildman–Crippen MR) is 108 cm³/mol. The second kappa shape index (κ2) is 9.18. The highest BCUT2D eigenvalue weighted by Crippen LogP contribution is 2.18. The number of carbonyl (C=O) groups is 1. The van der Waals surface area contributed by atoms with E-state index in [-0.39, 0.29) is 11.7 Å². The molecule has 0 aliphatic rings. The number of thioether (sulfide) groups is 1. The Morgan fingerprint density at radius 1 is 1.19 bits per heavy atom. The summed E-state index contributed by atoms with van der Waals surface area (Å²) < 4.78 is 1.94. The summed E-state index contributed by atoms with van der Waals surface area (Å²) in [5.74, 6) is 0.203. The van der Waals surface area contributed by atoms with Gasteiger partial charge >= 0.3 is 0 Å². The SMILES string of the molecule is CN(C)c1ccc(NC(=O)CSc2nncn2CCc2ccccn2)cc1. The van der Waals surface area contributed by atoms with Crippen molar-refractivity contribution in [2.45, 2.75) is 18.1 Å². The molecule has 2 heterocycles. The van der Waals surface area contributed by atoms with Crippen LogP contribution in [0.1, 0.15) is 5.69 Å². The van der Waals surface area contributed by atoms with Crippen molar-refractivity contribution in [3.8, 4) is 0 Å². The molecule has 0 aliphatic carbocycles. The molecule has 0 bridgehead atoms. The molecule has 8 heteroatoms. The first kappa shape index (κ1) is 18.9. The summed E-state index contributed by atoms with van der Waals surface area (Å²) in [5, 5.41) is 11.7. The Morgan fingerprint density at radius 3 is 2.70 bits per heavy atom. The van der Waals surface area contributed by atoms with Gasteiger partial charge in [-0.2, -0.15) is 0 Å². The van der Waals surface area contributed by atoms with E-state index in [1.165, 1.54) is 11.8 Å². The van der Waals surface area contributed by atoms with E-state index in [4.69, 9.17) is 0 Å². The van der Waals surface area contributed by atoms with E-state index in [0.29, 0.717) is 0 Å². The van der Waals surface area contributed by atoms with Crippen LogP contribution in [0.5, 0.6) is 0 Å². The molecule has 0 saturated carbocycles. The van der Waals surface area contributed by atoms with Gasteiger partial charge in [0.15, 0.2) is 5.16 Å². The third kappa shape index (κ3) is 5.55. The Balaban J connectivity index is 1.50. The highest BCUT2D eigenvalue weighted by atomic mass is 32.2. The van der Waals surface area contributed by atoms with Crippen molar-refractivity contribution in [3.63, 3.8) is 0 Å². The molecule has 140 valence electrons. The minimum absolute atomic E-state index is 0.0723. The molecule has 0 aliphatic heterocycles.